The monoisotopic (exact) mass is 1920 g/mol. The summed E-state index contributed by atoms with van der Waals surface area (Å²) < 4.78 is 0. The van der Waals surface area contributed by atoms with E-state index in [4.69, 9.17) is 14.5 Å². The third kappa shape index (κ3) is 28.9. The van der Waals surface area contributed by atoms with Gasteiger partial charge in [0.1, 0.15) is 42.7 Å². The van der Waals surface area contributed by atoms with Crippen molar-refractivity contribution in [1.29, 1.82) is 0 Å². The van der Waals surface area contributed by atoms with Gasteiger partial charge in [-0.1, -0.05) is 226 Å². The molecule has 3 heterocycles. The summed E-state index contributed by atoms with van der Waals surface area (Å²) in [5.41, 5.74) is 11.7. The largest absolute Gasteiger partial charge is 0.394 e. The van der Waals surface area contributed by atoms with Crippen molar-refractivity contribution in [2.75, 3.05) is 114 Å². The number of carbonyl (C=O) groups is 4. The normalized spacial score (nSPS) is 29.2. The van der Waals surface area contributed by atoms with Gasteiger partial charge >= 0.3 is 0 Å². The second-order valence-electron chi connectivity index (χ2n) is 45.2. The molecule has 18 rings (SSSR count). The minimum atomic E-state index is -0.804. The molecule has 6 aromatic carbocycles. The van der Waals surface area contributed by atoms with Gasteiger partial charge in [-0.2, -0.15) is 15.2 Å². The van der Waals surface area contributed by atoms with Crippen molar-refractivity contribution < 1.29 is 64.3 Å². The van der Waals surface area contributed by atoms with E-state index < -0.39 is 72.5 Å². The van der Waals surface area contributed by atoms with Crippen molar-refractivity contribution in [1.82, 2.24) is 61.0 Å². The standard InChI is InChI=1S/2C38H58N4O4.C29H48N4O4.C9H10O/c2*1-26-32-21-31(38(32,3)4)22-33(26)39-37(45)36-35(27(2)44)34(25-43)46-42(36)24-30-15-10-14-29(20-30)23-41(19-18-40(5)6)17-11-16-28-12-8-7-9-13-28;1-18-23-13-22(29(23,3)4)14-24(18)31-28(36)27-26(19(2)35)25(17-34)37-33(27)16-21-9-7-8-20(12-21)15-30-10-11-32(5)6;10-8-4-7-9-5-2-1-3-6-9/h2*7-10,12-15,20,26-27,31-36,43-44H,11,16-19,21-25H2,1-6H3,(H,39,45);7-9,12,18-19,22-27,30,34-35H,10-11,13-17H2,1-6H3,(H,31,36);1-3,5-6,8H,4,7H2/t2*26-,27-,31+,32-,33-,34-,35+,36-;18-,19-,22+,23-,24-,25-,26+,27-;/m000./s1. The minimum absolute atomic E-state index is 0.109. The zero-order chi connectivity index (χ0) is 100. The van der Waals surface area contributed by atoms with E-state index >= 15 is 0 Å². The van der Waals surface area contributed by atoms with Crippen LogP contribution in [-0.4, -0.2) is 282 Å². The number of aliphatic hydroxyl groups excluding tert-OH is 6. The number of nitrogens with zero attached hydrogens (tertiary/aromatic N) is 8. The zero-order valence-corrected chi connectivity index (χ0v) is 87.1. The minimum Gasteiger partial charge on any atom is -0.394 e. The van der Waals surface area contributed by atoms with E-state index in [1.54, 1.807) is 36.0 Å². The van der Waals surface area contributed by atoms with Gasteiger partial charge in [0.2, 0.25) is 17.7 Å². The first-order valence-electron chi connectivity index (χ1n) is 52.4. The maximum Gasteiger partial charge on any atom is 0.240 e. The molecule has 12 aliphatic rings. The first-order chi connectivity index (χ1) is 66.4. The number of benzene rings is 6. The molecule has 3 aliphatic heterocycles. The Labute approximate surface area is 832 Å². The number of likely N-dealkylation sites (N-methyl/N-ethyl adjacent to an activating group) is 3. The number of fused-ring (bicyclic) bond motifs is 6. The van der Waals surface area contributed by atoms with Crippen LogP contribution < -0.4 is 21.3 Å². The molecule has 139 heavy (non-hydrogen) atoms. The average molecular weight is 1920 g/mol. The summed E-state index contributed by atoms with van der Waals surface area (Å²) in [5.74, 6) is 3.08. The summed E-state index contributed by atoms with van der Waals surface area (Å²) >= 11 is 0. The lowest BCUT2D eigenvalue weighted by molar-refractivity contribution is -0.183. The number of aliphatic hydroxyl groups is 6. The molecule has 9 saturated carbocycles. The second kappa shape index (κ2) is 51.4. The molecule has 25 nitrogen and oxygen atoms in total. The van der Waals surface area contributed by atoms with Crippen LogP contribution in [0.5, 0.6) is 0 Å². The van der Waals surface area contributed by atoms with Gasteiger partial charge < -0.3 is 71.4 Å². The lowest BCUT2D eigenvalue weighted by Crippen LogP contribution is -2.62. The molecular formula is C114H174N12O13. The van der Waals surface area contributed by atoms with Gasteiger partial charge in [0.15, 0.2) is 0 Å². The molecule has 768 valence electrons. The highest BCUT2D eigenvalue weighted by molar-refractivity contribution is 5.84. The highest BCUT2D eigenvalue weighted by atomic mass is 16.7. The number of rotatable bonds is 44. The topological polar surface area (TPSA) is 291 Å². The fourth-order valence-corrected chi connectivity index (χ4v) is 24.9. The number of hydrogen-bond donors (Lipinski definition) is 10. The molecule has 0 spiro atoms. The molecule has 12 fully saturated rings. The van der Waals surface area contributed by atoms with E-state index in [0.29, 0.717) is 95.6 Å². The van der Waals surface area contributed by atoms with Crippen molar-refractivity contribution in [2.24, 2.45) is 87.3 Å². The molecule has 6 aromatic rings. The summed E-state index contributed by atoms with van der Waals surface area (Å²) in [6.45, 7) is 36.8. The first-order valence-corrected chi connectivity index (χ1v) is 52.4. The van der Waals surface area contributed by atoms with Crippen LogP contribution in [0.3, 0.4) is 0 Å². The van der Waals surface area contributed by atoms with Gasteiger partial charge in [-0.3, -0.25) is 38.7 Å². The second-order valence-corrected chi connectivity index (χ2v) is 45.2. The van der Waals surface area contributed by atoms with Crippen LogP contribution in [0.2, 0.25) is 0 Å². The number of aryl methyl sites for hydroxylation is 3. The Morgan fingerprint density at radius 1 is 0.396 bits per heavy atom. The van der Waals surface area contributed by atoms with Crippen LogP contribution in [0.1, 0.15) is 191 Å². The lowest BCUT2D eigenvalue weighted by atomic mass is 9.45. The van der Waals surface area contributed by atoms with E-state index in [0.717, 1.165) is 146 Å². The summed E-state index contributed by atoms with van der Waals surface area (Å²) in [4.78, 5) is 82.0. The molecule has 0 radical (unpaired) electrons. The predicted octanol–water partition coefficient (Wildman–Crippen LogP) is 12.5. The number of carbonyl (C=O) groups excluding carboxylic acids is 4. The van der Waals surface area contributed by atoms with Gasteiger partial charge in [0.25, 0.3) is 0 Å². The fraction of sp³-hybridized carbons (Fsp3) is 0.649. The Morgan fingerprint density at radius 2 is 0.691 bits per heavy atom. The zero-order valence-electron chi connectivity index (χ0n) is 87.1. The van der Waals surface area contributed by atoms with E-state index in [2.05, 4.69) is 272 Å². The van der Waals surface area contributed by atoms with Gasteiger partial charge in [-0.05, 0) is 266 Å². The Bertz CT molecular complexity index is 4540. The van der Waals surface area contributed by atoms with Crippen LogP contribution in [0.4, 0.5) is 0 Å². The van der Waals surface area contributed by atoms with Gasteiger partial charge in [0, 0.05) is 101 Å². The van der Waals surface area contributed by atoms with Crippen molar-refractivity contribution in [3.8, 4) is 0 Å². The van der Waals surface area contributed by atoms with Crippen molar-refractivity contribution in [3.63, 3.8) is 0 Å². The van der Waals surface area contributed by atoms with E-state index in [9.17, 15) is 49.8 Å². The highest BCUT2D eigenvalue weighted by Crippen LogP contribution is 2.64. The molecule has 3 saturated heterocycles. The molecule has 25 heteroatoms. The van der Waals surface area contributed by atoms with Gasteiger partial charge in [0.05, 0.1) is 57.8 Å². The maximum absolute atomic E-state index is 14.0. The van der Waals surface area contributed by atoms with Crippen molar-refractivity contribution >= 4 is 24.0 Å². The van der Waals surface area contributed by atoms with Crippen LogP contribution in [0, 0.1) is 87.3 Å². The Morgan fingerprint density at radius 3 is 0.978 bits per heavy atom. The summed E-state index contributed by atoms with van der Waals surface area (Å²) in [5, 5.41) is 81.4. The summed E-state index contributed by atoms with van der Waals surface area (Å²) in [7, 11) is 12.6. The molecule has 24 atom stereocenters. The third-order valence-corrected chi connectivity index (χ3v) is 33.7. The smallest absolute Gasteiger partial charge is 0.240 e. The van der Waals surface area contributed by atoms with Crippen LogP contribution in [0.15, 0.2) is 164 Å². The molecule has 3 amide bonds. The molecular weight excluding hydrogens is 1750 g/mol. The Hall–Kier alpha value is -7.32. The molecule has 0 aromatic heterocycles. The fourth-order valence-electron chi connectivity index (χ4n) is 24.9. The van der Waals surface area contributed by atoms with E-state index in [-0.39, 0.29) is 55.7 Å². The number of hydroxylamine groups is 6. The Balaban J connectivity index is 0.000000178. The van der Waals surface area contributed by atoms with E-state index in [1.165, 1.54) is 52.6 Å². The average Bonchev–Trinajstić information content (AvgIpc) is 0.927. The molecule has 9 aliphatic carbocycles. The van der Waals surface area contributed by atoms with Crippen molar-refractivity contribution in [2.45, 2.75) is 272 Å². The van der Waals surface area contributed by atoms with Crippen LogP contribution in [0.25, 0.3) is 0 Å². The van der Waals surface area contributed by atoms with Crippen molar-refractivity contribution in [3.05, 3.63) is 214 Å². The maximum atomic E-state index is 14.0. The quantitative estimate of drug-likeness (QED) is 0.0126. The molecule has 10 N–H and O–H groups in total. The summed E-state index contributed by atoms with van der Waals surface area (Å²) in [6, 6.07) is 55.0. The SMILES string of the molecule is C[C@@H]1[C@@H](NC(=O)[C@@H]2[C@H]([C@H](C)O)[C@H](CO)ON2Cc2cccc(CN(CCCc3ccccc3)CCN(C)C)c2)C[C@H]2C[C@@H]1C2(C)C.C[C@@H]1[C@@H](NC(=O)[C@@H]2[C@H]([C@H](C)O)[C@H](CO)ON2Cc2cccc(CN(CCCc3ccccc3)CCN(C)C)c2)C[C@H]2C[C@@H]1C2(C)C.C[C@@H]1[C@@H](NC(=O)[C@@H]2[C@H]([C@H](C)O)[C@H](CO)ON2Cc2cccc(CNCCN(C)C)c2)C[C@H]2C[C@@H]1C2(C)C.O=CCCc1ccccc1. The van der Waals surface area contributed by atoms with Gasteiger partial charge in [-0.25, -0.2) is 0 Å². The number of amides is 3. The lowest BCUT2D eigenvalue weighted by Gasteiger charge is -2.62. The summed E-state index contributed by atoms with van der Waals surface area (Å²) in [6.07, 6.45) is 9.18. The third-order valence-electron chi connectivity index (χ3n) is 33.7. The first kappa shape index (κ1) is 110. The highest BCUT2D eigenvalue weighted by Gasteiger charge is 2.61. The number of nitrogens with one attached hydrogen (secondary N) is 4. The Kier molecular flexibility index (Phi) is 40.9. The predicted molar refractivity (Wildman–Crippen MR) is 550 cm³/mol. The van der Waals surface area contributed by atoms with Crippen LogP contribution >= 0.6 is 0 Å². The number of aldehydes is 1. The number of hydrogen-bond acceptors (Lipinski definition) is 22. The molecule has 0 unspecified atom stereocenters. The van der Waals surface area contributed by atoms with E-state index in [1.807, 2.05) is 42.5 Å². The van der Waals surface area contributed by atoms with Gasteiger partial charge in [-0.15, -0.1) is 0 Å². The molecule has 6 bridgehead atoms. The van der Waals surface area contributed by atoms with Crippen LogP contribution in [-0.2, 0) is 92.2 Å².